The van der Waals surface area contributed by atoms with Crippen LogP contribution < -0.4 is 0 Å². The molecule has 0 fully saturated rings. The largest absolute Gasteiger partial charge is 0.393 e. The zero-order valence-electron chi connectivity index (χ0n) is 10.8. The van der Waals surface area contributed by atoms with Crippen LogP contribution in [0.15, 0.2) is 23.1 Å². The Bertz CT molecular complexity index is 423. The number of aliphatic hydroxyl groups is 1. The lowest BCUT2D eigenvalue weighted by atomic mass is 10.2. The molecule has 0 aliphatic heterocycles. The molecule has 0 radical (unpaired) electrons. The van der Waals surface area contributed by atoms with Gasteiger partial charge in [0, 0.05) is 18.5 Å². The van der Waals surface area contributed by atoms with Crippen LogP contribution in [0.3, 0.4) is 0 Å². The highest BCUT2D eigenvalue weighted by Crippen LogP contribution is 2.24. The summed E-state index contributed by atoms with van der Waals surface area (Å²) >= 11 is 7.62. The Morgan fingerprint density at radius 1 is 1.56 bits per heavy atom. The normalized spacial score (nSPS) is 12.3. The van der Waals surface area contributed by atoms with Crippen LogP contribution in [-0.4, -0.2) is 41.9 Å². The summed E-state index contributed by atoms with van der Waals surface area (Å²) < 4.78 is 0. The first-order valence-electron chi connectivity index (χ1n) is 5.72. The van der Waals surface area contributed by atoms with Gasteiger partial charge in [-0.3, -0.25) is 4.79 Å². The third-order valence-electron chi connectivity index (χ3n) is 2.63. The topological polar surface area (TPSA) is 40.5 Å². The number of amides is 1. The molecular weight excluding hydrogens is 270 g/mol. The van der Waals surface area contributed by atoms with Gasteiger partial charge >= 0.3 is 0 Å². The van der Waals surface area contributed by atoms with Gasteiger partial charge in [-0.25, -0.2) is 0 Å². The average molecular weight is 288 g/mol. The quantitative estimate of drug-likeness (QED) is 0.847. The van der Waals surface area contributed by atoms with Crippen molar-refractivity contribution >= 4 is 29.3 Å². The molecule has 100 valence electrons. The molecule has 1 aromatic carbocycles. The number of aliphatic hydroxyl groups excluding tert-OH is 1. The highest BCUT2D eigenvalue weighted by molar-refractivity contribution is 7.98. The van der Waals surface area contributed by atoms with Crippen LogP contribution in [0.1, 0.15) is 23.7 Å². The lowest BCUT2D eigenvalue weighted by molar-refractivity contribution is 0.0769. The van der Waals surface area contributed by atoms with Crippen molar-refractivity contribution in [2.45, 2.75) is 24.3 Å². The minimum atomic E-state index is -0.409. The third kappa shape index (κ3) is 4.19. The smallest absolute Gasteiger partial charge is 0.255 e. The molecule has 0 saturated heterocycles. The van der Waals surface area contributed by atoms with E-state index in [-0.39, 0.29) is 5.91 Å². The van der Waals surface area contributed by atoms with Gasteiger partial charge in [-0.2, -0.15) is 0 Å². The van der Waals surface area contributed by atoms with E-state index in [0.717, 1.165) is 4.90 Å². The maximum atomic E-state index is 12.2. The highest BCUT2D eigenvalue weighted by atomic mass is 35.5. The summed E-state index contributed by atoms with van der Waals surface area (Å²) in [6, 6.07) is 5.43. The number of rotatable bonds is 5. The number of halogens is 1. The van der Waals surface area contributed by atoms with E-state index in [1.165, 1.54) is 0 Å². The molecule has 18 heavy (non-hydrogen) atoms. The van der Waals surface area contributed by atoms with Crippen molar-refractivity contribution < 1.29 is 9.90 Å². The van der Waals surface area contributed by atoms with Crippen molar-refractivity contribution in [3.63, 3.8) is 0 Å². The van der Waals surface area contributed by atoms with Gasteiger partial charge in [0.1, 0.15) is 0 Å². The summed E-state index contributed by atoms with van der Waals surface area (Å²) in [4.78, 5) is 14.8. The molecule has 5 heteroatoms. The van der Waals surface area contributed by atoms with Gasteiger partial charge in [-0.15, -0.1) is 11.8 Å². The fraction of sp³-hybridized carbons (Fsp3) is 0.462. The minimum Gasteiger partial charge on any atom is -0.393 e. The van der Waals surface area contributed by atoms with Crippen LogP contribution in [0, 0.1) is 0 Å². The zero-order valence-corrected chi connectivity index (χ0v) is 12.4. The van der Waals surface area contributed by atoms with Crippen LogP contribution in [-0.2, 0) is 0 Å². The number of carbonyl (C=O) groups is 1. The molecule has 0 aromatic heterocycles. The Balaban J connectivity index is 2.82. The second-order valence-corrected chi connectivity index (χ2v) is 5.50. The molecule has 1 unspecified atom stereocenters. The first kappa shape index (κ1) is 15.3. The molecule has 1 N–H and O–H groups in total. The summed E-state index contributed by atoms with van der Waals surface area (Å²) in [6.45, 7) is 2.22. The van der Waals surface area contributed by atoms with Gasteiger partial charge in [0.15, 0.2) is 0 Å². The number of benzene rings is 1. The number of hydrogen-bond acceptors (Lipinski definition) is 3. The Labute approximate surface area is 117 Å². The fourth-order valence-electron chi connectivity index (χ4n) is 1.48. The zero-order chi connectivity index (χ0) is 13.7. The van der Waals surface area contributed by atoms with E-state index in [1.807, 2.05) is 12.3 Å². The van der Waals surface area contributed by atoms with E-state index < -0.39 is 6.10 Å². The van der Waals surface area contributed by atoms with Crippen molar-refractivity contribution in [3.8, 4) is 0 Å². The van der Waals surface area contributed by atoms with E-state index in [0.29, 0.717) is 23.6 Å². The molecule has 1 rings (SSSR count). The molecule has 0 saturated carbocycles. The molecule has 1 amide bonds. The average Bonchev–Trinajstić information content (AvgIpc) is 2.35. The van der Waals surface area contributed by atoms with Gasteiger partial charge in [-0.1, -0.05) is 11.6 Å². The number of nitrogens with zero attached hydrogens (tertiary/aromatic N) is 1. The van der Waals surface area contributed by atoms with Crippen molar-refractivity contribution in [1.82, 2.24) is 4.90 Å². The van der Waals surface area contributed by atoms with Crippen LogP contribution in [0.2, 0.25) is 5.02 Å². The van der Waals surface area contributed by atoms with Gasteiger partial charge < -0.3 is 10.0 Å². The number of hydrogen-bond donors (Lipinski definition) is 1. The second-order valence-electron chi connectivity index (χ2n) is 4.21. The van der Waals surface area contributed by atoms with E-state index >= 15 is 0 Å². The Morgan fingerprint density at radius 3 is 2.78 bits per heavy atom. The summed E-state index contributed by atoms with van der Waals surface area (Å²) in [7, 11) is 1.72. The molecule has 3 nitrogen and oxygen atoms in total. The van der Waals surface area contributed by atoms with Crippen LogP contribution in [0.25, 0.3) is 0 Å². The van der Waals surface area contributed by atoms with Crippen LogP contribution in [0.5, 0.6) is 0 Å². The first-order valence-corrected chi connectivity index (χ1v) is 7.33. The molecule has 0 aliphatic carbocycles. The van der Waals surface area contributed by atoms with Crippen molar-refractivity contribution in [3.05, 3.63) is 28.8 Å². The summed E-state index contributed by atoms with van der Waals surface area (Å²) in [5.74, 6) is -0.114. The monoisotopic (exact) mass is 287 g/mol. The summed E-state index contributed by atoms with van der Waals surface area (Å²) in [5.41, 5.74) is 0.511. The van der Waals surface area contributed by atoms with Crippen molar-refractivity contribution in [1.29, 1.82) is 0 Å². The Hall–Kier alpha value is -0.710. The number of carbonyl (C=O) groups excluding carboxylic acids is 1. The lowest BCUT2D eigenvalue weighted by Crippen LogP contribution is -2.29. The first-order chi connectivity index (χ1) is 8.45. The SMILES string of the molecule is CSc1ccc(Cl)c(C(=O)N(C)CCC(C)O)c1. The molecule has 0 heterocycles. The van der Waals surface area contributed by atoms with Gasteiger partial charge in [-0.05, 0) is 37.8 Å². The molecule has 1 aromatic rings. The molecule has 0 spiro atoms. The van der Waals surface area contributed by atoms with E-state index in [2.05, 4.69) is 0 Å². The van der Waals surface area contributed by atoms with E-state index in [4.69, 9.17) is 11.6 Å². The standard InChI is InChI=1S/C13H18ClNO2S/c1-9(16)6-7-15(2)13(17)11-8-10(18-3)4-5-12(11)14/h4-5,8-9,16H,6-7H2,1-3H3. The summed E-state index contributed by atoms with van der Waals surface area (Å²) in [6.07, 6.45) is 2.10. The minimum absolute atomic E-state index is 0.114. The van der Waals surface area contributed by atoms with Gasteiger partial charge in [0.2, 0.25) is 0 Å². The third-order valence-corrected chi connectivity index (χ3v) is 3.69. The van der Waals surface area contributed by atoms with Gasteiger partial charge in [0.05, 0.1) is 16.7 Å². The predicted molar refractivity (Wildman–Crippen MR) is 76.5 cm³/mol. The summed E-state index contributed by atoms with van der Waals surface area (Å²) in [5, 5.41) is 9.68. The molecular formula is C13H18ClNO2S. The molecule has 1 atom stereocenters. The number of thioether (sulfide) groups is 1. The Kier molecular flexibility index (Phi) is 5.99. The molecule has 0 aliphatic rings. The Morgan fingerprint density at radius 2 is 2.22 bits per heavy atom. The van der Waals surface area contributed by atoms with Crippen molar-refractivity contribution in [2.24, 2.45) is 0 Å². The van der Waals surface area contributed by atoms with E-state index in [9.17, 15) is 9.90 Å². The fourth-order valence-corrected chi connectivity index (χ4v) is 2.12. The van der Waals surface area contributed by atoms with Gasteiger partial charge in [0.25, 0.3) is 5.91 Å². The molecule has 0 bridgehead atoms. The van der Waals surface area contributed by atoms with E-state index in [1.54, 1.807) is 42.8 Å². The van der Waals surface area contributed by atoms with Crippen molar-refractivity contribution in [2.75, 3.05) is 19.8 Å². The van der Waals surface area contributed by atoms with Crippen LogP contribution >= 0.6 is 23.4 Å². The second kappa shape index (κ2) is 7.02. The maximum absolute atomic E-state index is 12.2. The predicted octanol–water partition coefficient (Wildman–Crippen LogP) is 2.90. The maximum Gasteiger partial charge on any atom is 0.255 e. The lowest BCUT2D eigenvalue weighted by Gasteiger charge is -2.19. The van der Waals surface area contributed by atoms with Crippen LogP contribution in [0.4, 0.5) is 0 Å². The highest BCUT2D eigenvalue weighted by Gasteiger charge is 2.16.